The number of halogens is 7. The van der Waals surface area contributed by atoms with E-state index in [4.69, 9.17) is 3.74 Å². The van der Waals surface area contributed by atoms with Crippen LogP contribution in [0.3, 0.4) is 0 Å². The number of benzene rings is 3. The van der Waals surface area contributed by atoms with Crippen molar-refractivity contribution < 1.29 is 54.3 Å². The Hall–Kier alpha value is -2.28. The first-order chi connectivity index (χ1) is 14.7. The topological polar surface area (TPSA) is 78.4 Å². The number of hydrogen-bond acceptors (Lipinski definition) is 4. The van der Waals surface area contributed by atoms with E-state index in [9.17, 15) is 40.3 Å². The summed E-state index contributed by atoms with van der Waals surface area (Å²) in [5.41, 5.74) is -2.09. The molecule has 0 amide bonds. The lowest BCUT2D eigenvalue weighted by atomic mass is 10.2. The Morgan fingerprint density at radius 3 is 1.22 bits per heavy atom. The molecule has 0 bridgehead atoms. The van der Waals surface area contributed by atoms with Crippen LogP contribution in [0.15, 0.2) is 93.5 Å². The maximum absolute atomic E-state index is 13.0. The first-order valence-corrected chi connectivity index (χ1v) is 11.4. The van der Waals surface area contributed by atoms with Crippen LogP contribution >= 0.6 is 10.3 Å². The van der Waals surface area contributed by atoms with Crippen molar-refractivity contribution >= 4 is 10.3 Å². The highest BCUT2D eigenvalue weighted by molar-refractivity contribution is 8.29. The van der Waals surface area contributed by atoms with Crippen LogP contribution in [0.2, 0.25) is 0 Å². The normalized spacial score (nSPS) is 13.8. The molecule has 0 aliphatic carbocycles. The van der Waals surface area contributed by atoms with Gasteiger partial charge in [-0.1, -0.05) is 18.2 Å². The molecule has 4 nitrogen and oxygen atoms in total. The fourth-order valence-corrected chi connectivity index (χ4v) is 7.11. The van der Waals surface area contributed by atoms with Crippen molar-refractivity contribution in [2.24, 2.45) is 0 Å². The average molecular weight is 499 g/mol. The molecule has 3 aromatic rings. The molecule has 0 saturated carbocycles. The van der Waals surface area contributed by atoms with Gasteiger partial charge in [0, 0.05) is 14.7 Å². The summed E-state index contributed by atoms with van der Waals surface area (Å²) in [6.45, 7) is 0. The molecule has 0 atom stereocenters. The third-order valence-corrected chi connectivity index (χ3v) is 8.46. The Morgan fingerprint density at radius 1 is 0.562 bits per heavy atom. The molecule has 32 heavy (non-hydrogen) atoms. The predicted molar refractivity (Wildman–Crippen MR) is 92.8 cm³/mol. The van der Waals surface area contributed by atoms with E-state index in [1.54, 1.807) is 6.07 Å². The van der Waals surface area contributed by atoms with Gasteiger partial charge in [0.15, 0.2) is 0 Å². The van der Waals surface area contributed by atoms with E-state index in [-0.39, 0.29) is 14.7 Å². The number of hydrogen-bond donors (Lipinski definition) is 0. The smallest absolute Gasteiger partial charge is 0.182 e. The standard InChI is InChI=1S/C20H13ClF6O4S/c22-19(23,24)14-6-10-17(11-7-14)32(31-21(28,29)30,16-4-2-1-3-5-16)18-12-8-15(9-13-18)20(25,26)27/h1-13H. The predicted octanol–water partition coefficient (Wildman–Crippen LogP) is 3.83. The zero-order valence-corrected chi connectivity index (χ0v) is 17.3. The zero-order valence-electron chi connectivity index (χ0n) is 15.7. The molecule has 0 aliphatic heterocycles. The second-order valence-corrected chi connectivity index (χ2v) is 10.1. The molecule has 0 aliphatic rings. The Kier molecular flexibility index (Phi) is 6.53. The van der Waals surface area contributed by atoms with E-state index in [0.29, 0.717) is 24.3 Å². The average Bonchev–Trinajstić information content (AvgIpc) is 2.71. The van der Waals surface area contributed by atoms with Crippen molar-refractivity contribution in [3.05, 3.63) is 90.0 Å². The van der Waals surface area contributed by atoms with Crippen LogP contribution < -0.4 is 14.0 Å². The molecule has 3 rings (SSSR count). The van der Waals surface area contributed by atoms with Crippen LogP contribution in [0, 0.1) is 10.2 Å². The molecule has 3 aromatic carbocycles. The summed E-state index contributed by atoms with van der Waals surface area (Å²) < 4.78 is 118. The molecule has 0 unspecified atom stereocenters. The summed E-state index contributed by atoms with van der Waals surface area (Å²) in [6, 6.07) is 13.6. The maximum Gasteiger partial charge on any atom is 0.416 e. The highest BCUT2D eigenvalue weighted by Gasteiger charge is 2.47. The van der Waals surface area contributed by atoms with Crippen molar-refractivity contribution in [3.8, 4) is 0 Å². The molecule has 0 radical (unpaired) electrons. The van der Waals surface area contributed by atoms with E-state index in [1.807, 2.05) is 0 Å². The Labute approximate surface area is 181 Å². The summed E-state index contributed by atoms with van der Waals surface area (Å²) in [4.78, 5) is -0.196. The third-order valence-electron chi connectivity index (χ3n) is 4.27. The van der Waals surface area contributed by atoms with Crippen molar-refractivity contribution in [3.63, 3.8) is 0 Å². The molecule has 0 fully saturated rings. The SMILES string of the molecule is [O-][Cl+3]([O-])([O-])OS(c1ccccc1)(c1ccc(C(F)(F)F)cc1)c1ccc(C(F)(F)F)cc1. The van der Waals surface area contributed by atoms with E-state index < -0.39 is 44.0 Å². The Morgan fingerprint density at radius 2 is 0.906 bits per heavy atom. The van der Waals surface area contributed by atoms with Gasteiger partial charge >= 0.3 is 12.4 Å². The van der Waals surface area contributed by atoms with Crippen molar-refractivity contribution in [1.82, 2.24) is 0 Å². The van der Waals surface area contributed by atoms with Crippen molar-refractivity contribution in [2.45, 2.75) is 27.0 Å². The van der Waals surface area contributed by atoms with Gasteiger partial charge in [-0.3, -0.25) is 0 Å². The highest BCUT2D eigenvalue weighted by atomic mass is 35.7. The maximum atomic E-state index is 13.0. The summed E-state index contributed by atoms with van der Waals surface area (Å²) in [7, 11) is -8.70. The minimum Gasteiger partial charge on any atom is -0.182 e. The van der Waals surface area contributed by atoms with E-state index in [2.05, 4.69) is 0 Å². The minimum atomic E-state index is -5.14. The van der Waals surface area contributed by atoms with Crippen LogP contribution in [0.5, 0.6) is 0 Å². The van der Waals surface area contributed by atoms with Gasteiger partial charge in [-0.15, -0.1) is 0 Å². The van der Waals surface area contributed by atoms with Crippen LogP contribution in [-0.4, -0.2) is 0 Å². The van der Waals surface area contributed by atoms with Gasteiger partial charge in [0.2, 0.25) is 0 Å². The molecular weight excluding hydrogens is 486 g/mol. The first-order valence-electron chi connectivity index (χ1n) is 8.58. The van der Waals surface area contributed by atoms with E-state index in [0.717, 1.165) is 24.3 Å². The molecule has 0 N–H and O–H groups in total. The molecule has 172 valence electrons. The Balaban J connectivity index is 2.30. The minimum absolute atomic E-state index is 0.0754. The Bertz CT molecular complexity index is 992. The number of alkyl halides is 6. The fraction of sp³-hybridized carbons (Fsp3) is 0.100. The van der Waals surface area contributed by atoms with E-state index >= 15 is 0 Å². The zero-order chi connectivity index (χ0) is 23.8. The van der Waals surface area contributed by atoms with Gasteiger partial charge in [0.25, 0.3) is 0 Å². The van der Waals surface area contributed by atoms with Crippen LogP contribution in [0.4, 0.5) is 26.3 Å². The van der Waals surface area contributed by atoms with E-state index in [1.165, 1.54) is 24.3 Å². The number of rotatable bonds is 5. The monoisotopic (exact) mass is 498 g/mol. The summed E-state index contributed by atoms with van der Waals surface area (Å²) >= 11 is 0. The highest BCUT2D eigenvalue weighted by Crippen LogP contribution is 2.70. The molecule has 0 aromatic heterocycles. The van der Waals surface area contributed by atoms with Gasteiger partial charge in [0.05, 0.1) is 31.7 Å². The lowest BCUT2D eigenvalue weighted by Crippen LogP contribution is -2.61. The second-order valence-electron chi connectivity index (χ2n) is 6.35. The van der Waals surface area contributed by atoms with Gasteiger partial charge in [-0.05, 0) is 60.7 Å². The van der Waals surface area contributed by atoms with Gasteiger partial charge in [0.1, 0.15) is 3.74 Å². The van der Waals surface area contributed by atoms with Gasteiger partial charge in [-0.2, -0.15) is 40.3 Å². The first kappa shape index (κ1) is 24.4. The fourth-order valence-electron chi connectivity index (χ4n) is 2.92. The summed E-state index contributed by atoms with van der Waals surface area (Å²) in [5, 5.41) is 0. The van der Waals surface area contributed by atoms with Gasteiger partial charge < -0.3 is 0 Å². The van der Waals surface area contributed by atoms with Crippen LogP contribution in [0.25, 0.3) is 0 Å². The largest absolute Gasteiger partial charge is 0.416 e. The lowest BCUT2D eigenvalue weighted by Gasteiger charge is -2.35. The van der Waals surface area contributed by atoms with Crippen molar-refractivity contribution in [1.29, 1.82) is 0 Å². The molecule has 12 heteroatoms. The summed E-state index contributed by atoms with van der Waals surface area (Å²) in [5.74, 6) is 0. The van der Waals surface area contributed by atoms with Crippen LogP contribution in [0.1, 0.15) is 11.1 Å². The molecular formula is C20H13ClF6O4S. The second kappa shape index (κ2) is 8.58. The summed E-state index contributed by atoms with van der Waals surface area (Å²) in [6.07, 6.45) is -9.39. The van der Waals surface area contributed by atoms with Gasteiger partial charge in [-0.25, -0.2) is 0 Å². The van der Waals surface area contributed by atoms with Crippen LogP contribution in [-0.2, 0) is 16.1 Å². The lowest BCUT2D eigenvalue weighted by molar-refractivity contribution is -1.91. The quantitative estimate of drug-likeness (QED) is 0.501. The molecule has 0 heterocycles. The molecule has 0 saturated heterocycles. The molecule has 0 spiro atoms. The third kappa shape index (κ3) is 5.20. The van der Waals surface area contributed by atoms with Crippen molar-refractivity contribution in [2.75, 3.05) is 0 Å².